The van der Waals surface area contributed by atoms with Crippen LogP contribution < -0.4 is 14.8 Å². The van der Waals surface area contributed by atoms with Crippen molar-refractivity contribution in [3.8, 4) is 11.5 Å². The van der Waals surface area contributed by atoms with Crippen molar-refractivity contribution in [1.29, 1.82) is 0 Å². The molecular weight excluding hydrogens is 358 g/mol. The van der Waals surface area contributed by atoms with Gasteiger partial charge in [-0.05, 0) is 40.1 Å². The number of carbonyl (C=O) groups excluding carboxylic acids is 1. The predicted molar refractivity (Wildman–Crippen MR) is 98.9 cm³/mol. The summed E-state index contributed by atoms with van der Waals surface area (Å²) in [6, 6.07) is 7.66. The van der Waals surface area contributed by atoms with Crippen LogP contribution in [0.5, 0.6) is 11.5 Å². The number of nitrogens with one attached hydrogen (secondary N) is 1. The molecular formula is C17H17N3O3S2. The number of benzene rings is 1. The highest BCUT2D eigenvalue weighted by Gasteiger charge is 2.11. The van der Waals surface area contributed by atoms with Crippen molar-refractivity contribution in [2.45, 2.75) is 12.8 Å². The van der Waals surface area contributed by atoms with Gasteiger partial charge in [0.05, 0.1) is 20.6 Å². The average Bonchev–Trinajstić information content (AvgIpc) is 3.27. The third-order valence-electron chi connectivity index (χ3n) is 3.46. The fourth-order valence-electron chi connectivity index (χ4n) is 2.28. The van der Waals surface area contributed by atoms with E-state index in [9.17, 15) is 4.79 Å². The Labute approximate surface area is 153 Å². The molecule has 0 aliphatic heterocycles. The number of anilines is 1. The van der Waals surface area contributed by atoms with Crippen LogP contribution >= 0.6 is 22.7 Å². The van der Waals surface area contributed by atoms with Gasteiger partial charge in [-0.15, -0.1) is 10.2 Å². The first-order valence-corrected chi connectivity index (χ1v) is 9.28. The topological polar surface area (TPSA) is 73.3 Å². The molecule has 6 nitrogen and oxygen atoms in total. The van der Waals surface area contributed by atoms with Crippen molar-refractivity contribution in [3.63, 3.8) is 0 Å². The quantitative estimate of drug-likeness (QED) is 0.685. The third-order valence-corrected chi connectivity index (χ3v) is 5.03. The number of aromatic nitrogens is 2. The zero-order chi connectivity index (χ0) is 17.6. The summed E-state index contributed by atoms with van der Waals surface area (Å²) in [6.45, 7) is 0. The molecule has 8 heteroatoms. The van der Waals surface area contributed by atoms with Crippen LogP contribution in [-0.2, 0) is 17.6 Å². The zero-order valence-corrected chi connectivity index (χ0v) is 15.4. The molecule has 0 atom stereocenters. The molecule has 1 aromatic carbocycles. The Balaban J connectivity index is 1.62. The summed E-state index contributed by atoms with van der Waals surface area (Å²) in [4.78, 5) is 12.0. The number of amides is 1. The maximum Gasteiger partial charge on any atom is 0.230 e. The minimum atomic E-state index is -0.0905. The van der Waals surface area contributed by atoms with Gasteiger partial charge in [0, 0.05) is 6.42 Å². The SMILES string of the molecule is COc1ccc(Cc2nnc(NC(=O)Cc3ccsc3)s2)cc1OC. The third kappa shape index (κ3) is 4.55. The minimum absolute atomic E-state index is 0.0905. The molecule has 3 aromatic rings. The van der Waals surface area contributed by atoms with E-state index in [1.54, 1.807) is 25.6 Å². The Hall–Kier alpha value is -2.45. The summed E-state index contributed by atoms with van der Waals surface area (Å²) in [5, 5.41) is 16.2. The molecule has 130 valence electrons. The highest BCUT2D eigenvalue weighted by molar-refractivity contribution is 7.15. The lowest BCUT2D eigenvalue weighted by Crippen LogP contribution is -2.13. The van der Waals surface area contributed by atoms with E-state index in [-0.39, 0.29) is 5.91 Å². The highest BCUT2D eigenvalue weighted by atomic mass is 32.1. The summed E-state index contributed by atoms with van der Waals surface area (Å²) in [7, 11) is 3.21. The van der Waals surface area contributed by atoms with Gasteiger partial charge in [-0.1, -0.05) is 17.4 Å². The number of methoxy groups -OCH3 is 2. The summed E-state index contributed by atoms with van der Waals surface area (Å²) in [6.07, 6.45) is 0.951. The second-order valence-electron chi connectivity index (χ2n) is 5.22. The lowest BCUT2D eigenvalue weighted by molar-refractivity contribution is -0.115. The van der Waals surface area contributed by atoms with Crippen LogP contribution in [0.25, 0.3) is 0 Å². The van der Waals surface area contributed by atoms with Crippen molar-refractivity contribution in [3.05, 3.63) is 51.2 Å². The maximum atomic E-state index is 12.0. The maximum absolute atomic E-state index is 12.0. The van der Waals surface area contributed by atoms with Gasteiger partial charge in [-0.2, -0.15) is 11.3 Å². The van der Waals surface area contributed by atoms with Crippen LogP contribution in [0, 0.1) is 0 Å². The van der Waals surface area contributed by atoms with Crippen LogP contribution in [0.15, 0.2) is 35.0 Å². The van der Waals surface area contributed by atoms with E-state index in [0.29, 0.717) is 29.5 Å². The Kier molecular flexibility index (Phi) is 5.62. The van der Waals surface area contributed by atoms with Crippen LogP contribution in [0.2, 0.25) is 0 Å². The molecule has 25 heavy (non-hydrogen) atoms. The summed E-state index contributed by atoms with van der Waals surface area (Å²) in [5.74, 6) is 1.27. The monoisotopic (exact) mass is 375 g/mol. The van der Waals surface area contributed by atoms with E-state index < -0.39 is 0 Å². The Morgan fingerprint density at radius 3 is 2.68 bits per heavy atom. The zero-order valence-electron chi connectivity index (χ0n) is 13.8. The largest absolute Gasteiger partial charge is 0.493 e. The van der Waals surface area contributed by atoms with Crippen LogP contribution in [0.4, 0.5) is 5.13 Å². The second kappa shape index (κ2) is 8.09. The molecule has 0 saturated heterocycles. The molecule has 1 N–H and O–H groups in total. The van der Waals surface area contributed by atoms with Gasteiger partial charge >= 0.3 is 0 Å². The van der Waals surface area contributed by atoms with Gasteiger partial charge in [0.2, 0.25) is 11.0 Å². The molecule has 0 bridgehead atoms. The Bertz CT molecular complexity index is 847. The van der Waals surface area contributed by atoms with Gasteiger partial charge in [0.1, 0.15) is 5.01 Å². The minimum Gasteiger partial charge on any atom is -0.493 e. The summed E-state index contributed by atoms with van der Waals surface area (Å²) >= 11 is 2.94. The van der Waals surface area contributed by atoms with E-state index >= 15 is 0 Å². The Morgan fingerprint density at radius 1 is 1.12 bits per heavy atom. The van der Waals surface area contributed by atoms with Crippen LogP contribution in [-0.4, -0.2) is 30.3 Å². The smallest absolute Gasteiger partial charge is 0.230 e. The average molecular weight is 375 g/mol. The molecule has 0 radical (unpaired) electrons. The predicted octanol–water partition coefficient (Wildman–Crippen LogP) is 3.39. The number of hydrogen-bond acceptors (Lipinski definition) is 7. The first-order chi connectivity index (χ1) is 12.2. The first-order valence-electron chi connectivity index (χ1n) is 7.52. The fourth-order valence-corrected chi connectivity index (χ4v) is 3.74. The molecule has 0 aliphatic rings. The molecule has 1 amide bonds. The second-order valence-corrected chi connectivity index (χ2v) is 7.07. The fraction of sp³-hybridized carbons (Fsp3) is 0.235. The number of carbonyl (C=O) groups is 1. The lowest BCUT2D eigenvalue weighted by atomic mass is 10.1. The summed E-state index contributed by atoms with van der Waals surface area (Å²) in [5.41, 5.74) is 2.03. The normalized spacial score (nSPS) is 10.5. The van der Waals surface area contributed by atoms with Gasteiger partial charge in [0.15, 0.2) is 11.5 Å². The number of rotatable bonds is 7. The van der Waals surface area contributed by atoms with Crippen molar-refractivity contribution >= 4 is 33.7 Å². The van der Waals surface area contributed by atoms with Gasteiger partial charge in [-0.3, -0.25) is 4.79 Å². The van der Waals surface area contributed by atoms with E-state index in [2.05, 4.69) is 15.5 Å². The van der Waals surface area contributed by atoms with E-state index in [1.807, 2.05) is 35.0 Å². The first kappa shape index (κ1) is 17.4. The molecule has 0 aliphatic carbocycles. The Morgan fingerprint density at radius 2 is 1.96 bits per heavy atom. The van der Waals surface area contributed by atoms with Crippen LogP contribution in [0.1, 0.15) is 16.1 Å². The molecule has 0 unspecified atom stereocenters. The molecule has 2 heterocycles. The van der Waals surface area contributed by atoms with Crippen molar-refractivity contribution in [2.75, 3.05) is 19.5 Å². The number of hydrogen-bond donors (Lipinski definition) is 1. The molecule has 2 aromatic heterocycles. The highest BCUT2D eigenvalue weighted by Crippen LogP contribution is 2.29. The molecule has 0 spiro atoms. The van der Waals surface area contributed by atoms with E-state index in [4.69, 9.17) is 9.47 Å². The van der Waals surface area contributed by atoms with Crippen molar-refractivity contribution < 1.29 is 14.3 Å². The molecule has 3 rings (SSSR count). The van der Waals surface area contributed by atoms with Crippen LogP contribution in [0.3, 0.4) is 0 Å². The van der Waals surface area contributed by atoms with Gasteiger partial charge in [-0.25, -0.2) is 0 Å². The number of nitrogens with zero attached hydrogens (tertiary/aromatic N) is 2. The van der Waals surface area contributed by atoms with Gasteiger partial charge < -0.3 is 14.8 Å². The van der Waals surface area contributed by atoms with Gasteiger partial charge in [0.25, 0.3) is 0 Å². The van der Waals surface area contributed by atoms with Crippen molar-refractivity contribution in [1.82, 2.24) is 10.2 Å². The lowest BCUT2D eigenvalue weighted by Gasteiger charge is -2.08. The van der Waals surface area contributed by atoms with E-state index in [0.717, 1.165) is 16.1 Å². The molecule has 0 saturated carbocycles. The number of thiophene rings is 1. The van der Waals surface area contributed by atoms with Crippen molar-refractivity contribution in [2.24, 2.45) is 0 Å². The standard InChI is InChI=1S/C17H17N3O3S2/c1-22-13-4-3-11(7-14(13)23-2)9-16-19-20-17(25-16)18-15(21)8-12-5-6-24-10-12/h3-7,10H,8-9H2,1-2H3,(H,18,20,21). The van der Waals surface area contributed by atoms with E-state index in [1.165, 1.54) is 11.3 Å². The molecule has 0 fully saturated rings. The number of ether oxygens (including phenoxy) is 2. The summed E-state index contributed by atoms with van der Waals surface area (Å²) < 4.78 is 10.5.